The highest BCUT2D eigenvalue weighted by atomic mass is 16.5. The molecule has 3 heterocycles. The summed E-state index contributed by atoms with van der Waals surface area (Å²) in [5.74, 6) is -0.0585. The zero-order chi connectivity index (χ0) is 21.4. The number of carbonyl (C=O) groups excluding carboxylic acids is 1. The molecule has 2 aromatic heterocycles. The highest BCUT2D eigenvalue weighted by molar-refractivity contribution is 5.84. The van der Waals surface area contributed by atoms with Crippen molar-refractivity contribution < 1.29 is 9.53 Å². The number of hydrogen-bond donors (Lipinski definition) is 1. The van der Waals surface area contributed by atoms with E-state index in [1.54, 1.807) is 23.7 Å². The van der Waals surface area contributed by atoms with E-state index in [0.717, 1.165) is 17.7 Å². The van der Waals surface area contributed by atoms with Crippen molar-refractivity contribution in [3.8, 4) is 0 Å². The third kappa shape index (κ3) is 3.09. The van der Waals surface area contributed by atoms with Crippen LogP contribution in [-0.2, 0) is 23.6 Å². The number of esters is 1. The Morgan fingerprint density at radius 2 is 1.77 bits per heavy atom. The van der Waals surface area contributed by atoms with Crippen molar-refractivity contribution in [1.29, 1.82) is 0 Å². The Labute approximate surface area is 172 Å². The monoisotopic (exact) mass is 412 g/mol. The number of rotatable bonds is 4. The van der Waals surface area contributed by atoms with E-state index in [0.29, 0.717) is 24.6 Å². The van der Waals surface area contributed by atoms with Gasteiger partial charge in [0.2, 0.25) is 5.95 Å². The van der Waals surface area contributed by atoms with E-state index in [4.69, 9.17) is 4.74 Å². The van der Waals surface area contributed by atoms with Gasteiger partial charge in [0.25, 0.3) is 5.56 Å². The molecule has 10 nitrogen and oxygen atoms in total. The van der Waals surface area contributed by atoms with E-state index in [1.807, 2.05) is 23.1 Å². The highest BCUT2D eigenvalue weighted by Crippen LogP contribution is 2.30. The molecular formula is C20H24N6O4. The maximum atomic E-state index is 13.2. The summed E-state index contributed by atoms with van der Waals surface area (Å²) < 4.78 is 9.09. The van der Waals surface area contributed by atoms with Gasteiger partial charge in [0.15, 0.2) is 17.2 Å². The van der Waals surface area contributed by atoms with Crippen LogP contribution in [0.1, 0.15) is 11.6 Å². The summed E-state index contributed by atoms with van der Waals surface area (Å²) in [5.41, 5.74) is 0.106. The number of methoxy groups -OCH3 is 1. The standard InChI is InChI=1S/C20H24N6O4/c1-23-16-15(17(27)24(2)20(23)29)26(19(22-16)25-11-9-21-10-12-25)14(18(28)30-3)13-7-5-4-6-8-13/h4-8,14,21H,9-12H2,1-3H3. The normalized spacial score (nSPS) is 15.4. The Morgan fingerprint density at radius 1 is 1.10 bits per heavy atom. The number of nitrogens with zero attached hydrogens (tertiary/aromatic N) is 5. The lowest BCUT2D eigenvalue weighted by Crippen LogP contribution is -2.45. The number of piperazine rings is 1. The number of hydrogen-bond acceptors (Lipinski definition) is 7. The summed E-state index contributed by atoms with van der Waals surface area (Å²) >= 11 is 0. The minimum atomic E-state index is -0.920. The number of benzene rings is 1. The molecule has 0 radical (unpaired) electrons. The summed E-state index contributed by atoms with van der Waals surface area (Å²) in [6, 6.07) is 8.19. The molecule has 1 N–H and O–H groups in total. The fourth-order valence-electron chi connectivity index (χ4n) is 3.87. The Balaban J connectivity index is 2.11. The van der Waals surface area contributed by atoms with Gasteiger partial charge in [0.1, 0.15) is 0 Å². The van der Waals surface area contributed by atoms with Crippen LogP contribution in [0.3, 0.4) is 0 Å². The molecule has 1 aliphatic rings. The molecule has 0 aliphatic carbocycles. The second-order valence-electron chi connectivity index (χ2n) is 7.23. The predicted molar refractivity (Wildman–Crippen MR) is 112 cm³/mol. The lowest BCUT2D eigenvalue weighted by molar-refractivity contribution is -0.143. The van der Waals surface area contributed by atoms with E-state index in [-0.39, 0.29) is 11.2 Å². The maximum absolute atomic E-state index is 13.2. The number of fused-ring (bicyclic) bond motifs is 1. The van der Waals surface area contributed by atoms with Gasteiger partial charge in [-0.2, -0.15) is 4.98 Å². The largest absolute Gasteiger partial charge is 0.467 e. The second kappa shape index (κ2) is 7.79. The van der Waals surface area contributed by atoms with Crippen molar-refractivity contribution in [3.05, 3.63) is 56.7 Å². The van der Waals surface area contributed by atoms with E-state index in [1.165, 1.54) is 18.7 Å². The molecular weight excluding hydrogens is 388 g/mol. The molecule has 1 fully saturated rings. The van der Waals surface area contributed by atoms with Gasteiger partial charge in [-0.1, -0.05) is 30.3 Å². The van der Waals surface area contributed by atoms with Crippen molar-refractivity contribution in [3.63, 3.8) is 0 Å². The lowest BCUT2D eigenvalue weighted by Gasteiger charge is -2.30. The summed E-state index contributed by atoms with van der Waals surface area (Å²) in [5, 5.41) is 3.28. The first-order valence-electron chi connectivity index (χ1n) is 9.72. The molecule has 158 valence electrons. The topological polar surface area (TPSA) is 103 Å². The third-order valence-corrected chi connectivity index (χ3v) is 5.47. The van der Waals surface area contributed by atoms with Crippen LogP contribution >= 0.6 is 0 Å². The zero-order valence-electron chi connectivity index (χ0n) is 17.2. The molecule has 1 unspecified atom stereocenters. The van der Waals surface area contributed by atoms with Crippen LogP contribution < -0.4 is 21.5 Å². The zero-order valence-corrected chi connectivity index (χ0v) is 17.2. The van der Waals surface area contributed by atoms with Gasteiger partial charge in [-0.25, -0.2) is 9.59 Å². The van der Waals surface area contributed by atoms with Crippen LogP contribution in [0.5, 0.6) is 0 Å². The molecule has 10 heteroatoms. The van der Waals surface area contributed by atoms with Crippen LogP contribution in [0.15, 0.2) is 39.9 Å². The van der Waals surface area contributed by atoms with Crippen molar-refractivity contribution in [2.24, 2.45) is 14.1 Å². The van der Waals surface area contributed by atoms with Gasteiger partial charge in [-0.15, -0.1) is 0 Å². The predicted octanol–water partition coefficient (Wildman–Crippen LogP) is -0.394. The molecule has 1 aromatic carbocycles. The van der Waals surface area contributed by atoms with Crippen LogP contribution in [0.25, 0.3) is 11.2 Å². The average Bonchev–Trinajstić information content (AvgIpc) is 3.18. The molecule has 0 amide bonds. The minimum absolute atomic E-state index is 0.187. The number of imidazole rings is 1. The molecule has 0 bridgehead atoms. The van der Waals surface area contributed by atoms with Crippen LogP contribution in [0, 0.1) is 0 Å². The first-order chi connectivity index (χ1) is 14.5. The first kappa shape index (κ1) is 19.9. The van der Waals surface area contributed by atoms with E-state index in [9.17, 15) is 14.4 Å². The molecule has 4 rings (SSSR count). The summed E-state index contributed by atoms with van der Waals surface area (Å²) in [4.78, 5) is 45.3. The molecule has 0 saturated carbocycles. The summed E-state index contributed by atoms with van der Waals surface area (Å²) in [6.07, 6.45) is 0. The Kier molecular flexibility index (Phi) is 5.17. The fourth-order valence-corrected chi connectivity index (χ4v) is 3.87. The Bertz CT molecular complexity index is 1200. The van der Waals surface area contributed by atoms with Crippen LogP contribution in [0.2, 0.25) is 0 Å². The van der Waals surface area contributed by atoms with Crippen LogP contribution in [-0.4, -0.2) is 57.9 Å². The number of anilines is 1. The van der Waals surface area contributed by atoms with Gasteiger partial charge in [0.05, 0.1) is 7.11 Å². The first-order valence-corrected chi connectivity index (χ1v) is 9.72. The molecule has 1 atom stereocenters. The molecule has 1 aliphatic heterocycles. The second-order valence-corrected chi connectivity index (χ2v) is 7.23. The number of aromatic nitrogens is 4. The molecule has 30 heavy (non-hydrogen) atoms. The Morgan fingerprint density at radius 3 is 2.40 bits per heavy atom. The third-order valence-electron chi connectivity index (χ3n) is 5.47. The smallest absolute Gasteiger partial charge is 0.333 e. The SMILES string of the molecule is COC(=O)C(c1ccccc1)n1c(N2CCNCC2)nc2c1c(=O)n(C)c(=O)n2C. The maximum Gasteiger partial charge on any atom is 0.333 e. The van der Waals surface area contributed by atoms with Crippen molar-refractivity contribution in [1.82, 2.24) is 24.0 Å². The Hall–Kier alpha value is -3.40. The van der Waals surface area contributed by atoms with Gasteiger partial charge in [0, 0.05) is 40.3 Å². The lowest BCUT2D eigenvalue weighted by atomic mass is 10.1. The number of ether oxygens (including phenoxy) is 1. The number of aryl methyl sites for hydroxylation is 1. The average molecular weight is 412 g/mol. The van der Waals surface area contributed by atoms with Crippen molar-refractivity contribution in [2.45, 2.75) is 6.04 Å². The van der Waals surface area contributed by atoms with Gasteiger partial charge in [-0.05, 0) is 5.56 Å². The van der Waals surface area contributed by atoms with Crippen LogP contribution in [0.4, 0.5) is 5.95 Å². The molecule has 3 aromatic rings. The fraction of sp³-hybridized carbons (Fsp3) is 0.400. The van der Waals surface area contributed by atoms with Crippen molar-refractivity contribution in [2.75, 3.05) is 38.2 Å². The van der Waals surface area contributed by atoms with E-state index >= 15 is 0 Å². The highest BCUT2D eigenvalue weighted by Gasteiger charge is 2.33. The summed E-state index contributed by atoms with van der Waals surface area (Å²) in [6.45, 7) is 2.79. The van der Waals surface area contributed by atoms with E-state index < -0.39 is 23.3 Å². The minimum Gasteiger partial charge on any atom is -0.467 e. The van der Waals surface area contributed by atoms with Gasteiger partial charge in [-0.3, -0.25) is 18.5 Å². The van der Waals surface area contributed by atoms with Gasteiger partial charge >= 0.3 is 11.7 Å². The van der Waals surface area contributed by atoms with Gasteiger partial charge < -0.3 is 15.0 Å². The van der Waals surface area contributed by atoms with Crippen molar-refractivity contribution >= 4 is 23.1 Å². The number of carbonyl (C=O) groups is 1. The quantitative estimate of drug-likeness (QED) is 0.582. The summed E-state index contributed by atoms with van der Waals surface area (Å²) in [7, 11) is 4.30. The molecule has 1 saturated heterocycles. The van der Waals surface area contributed by atoms with E-state index in [2.05, 4.69) is 10.3 Å². The molecule has 0 spiro atoms. The number of nitrogens with one attached hydrogen (secondary N) is 1.